The molecule has 1 heterocycles. The molecule has 1 aromatic heterocycles. The van der Waals surface area contributed by atoms with Crippen LogP contribution < -0.4 is 20.3 Å². The number of benzene rings is 2. The lowest BCUT2D eigenvalue weighted by Gasteiger charge is -2.17. The highest BCUT2D eigenvalue weighted by molar-refractivity contribution is 5.79. The van der Waals surface area contributed by atoms with Gasteiger partial charge < -0.3 is 14.8 Å². The highest BCUT2D eigenvalue weighted by atomic mass is 16.5. The van der Waals surface area contributed by atoms with Crippen molar-refractivity contribution >= 4 is 5.91 Å². The van der Waals surface area contributed by atoms with E-state index < -0.39 is 11.6 Å². The van der Waals surface area contributed by atoms with Gasteiger partial charge in [-0.05, 0) is 43.2 Å². The second-order valence-electron chi connectivity index (χ2n) is 6.78. The van der Waals surface area contributed by atoms with E-state index in [0.717, 1.165) is 11.1 Å². The van der Waals surface area contributed by atoms with E-state index in [0.29, 0.717) is 30.2 Å². The Hall–Kier alpha value is -3.61. The van der Waals surface area contributed by atoms with Gasteiger partial charge in [-0.1, -0.05) is 30.3 Å². The molecule has 0 fully saturated rings. The first-order valence-corrected chi connectivity index (χ1v) is 9.67. The zero-order valence-electron chi connectivity index (χ0n) is 17.3. The number of hydrogen-bond donors (Lipinski definition) is 1. The maximum Gasteiger partial charge on any atom is 0.271 e. The summed E-state index contributed by atoms with van der Waals surface area (Å²) in [5.41, 5.74) is 1.95. The van der Waals surface area contributed by atoms with Crippen LogP contribution in [0.4, 0.5) is 0 Å². The topological polar surface area (TPSA) is 82.5 Å². The van der Waals surface area contributed by atoms with Crippen LogP contribution in [0.15, 0.2) is 65.5 Å². The van der Waals surface area contributed by atoms with E-state index in [-0.39, 0.29) is 5.91 Å². The minimum Gasteiger partial charge on any atom is -0.497 e. The van der Waals surface area contributed by atoms with E-state index in [9.17, 15) is 9.59 Å². The van der Waals surface area contributed by atoms with Gasteiger partial charge in [0.15, 0.2) is 5.75 Å². The van der Waals surface area contributed by atoms with Crippen molar-refractivity contribution in [3.63, 3.8) is 0 Å². The molecule has 7 heteroatoms. The zero-order chi connectivity index (χ0) is 21.5. The predicted octanol–water partition coefficient (Wildman–Crippen LogP) is 2.85. The molecule has 0 saturated heterocycles. The molecule has 0 unspecified atom stereocenters. The summed E-state index contributed by atoms with van der Waals surface area (Å²) in [5.74, 6) is 0.779. The number of carbonyl (C=O) groups excluding carboxylic acids is 1. The summed E-state index contributed by atoms with van der Waals surface area (Å²) in [6.45, 7) is 2.12. The van der Waals surface area contributed by atoms with Gasteiger partial charge in [0.25, 0.3) is 5.56 Å². The van der Waals surface area contributed by atoms with E-state index in [1.165, 1.54) is 17.9 Å². The molecule has 0 aliphatic heterocycles. The molecule has 0 aliphatic rings. The molecule has 0 saturated carbocycles. The lowest BCUT2D eigenvalue weighted by molar-refractivity contribution is -0.124. The van der Waals surface area contributed by atoms with Crippen molar-refractivity contribution in [3.8, 4) is 22.8 Å². The van der Waals surface area contributed by atoms with Gasteiger partial charge in [0, 0.05) is 18.2 Å². The predicted molar refractivity (Wildman–Crippen MR) is 115 cm³/mol. The third-order valence-corrected chi connectivity index (χ3v) is 4.81. The molecule has 7 nitrogen and oxygen atoms in total. The van der Waals surface area contributed by atoms with E-state index in [2.05, 4.69) is 10.4 Å². The second-order valence-corrected chi connectivity index (χ2v) is 6.78. The third kappa shape index (κ3) is 4.86. The monoisotopic (exact) mass is 407 g/mol. The number of aromatic nitrogens is 2. The van der Waals surface area contributed by atoms with Crippen LogP contribution in [-0.2, 0) is 11.2 Å². The van der Waals surface area contributed by atoms with Crippen LogP contribution in [-0.4, -0.2) is 36.5 Å². The average molecular weight is 407 g/mol. The van der Waals surface area contributed by atoms with E-state index in [1.807, 2.05) is 42.5 Å². The Morgan fingerprint density at radius 2 is 1.77 bits per heavy atom. The van der Waals surface area contributed by atoms with Gasteiger partial charge >= 0.3 is 0 Å². The molecule has 1 N–H and O–H groups in total. The van der Waals surface area contributed by atoms with Crippen LogP contribution in [0.3, 0.4) is 0 Å². The zero-order valence-corrected chi connectivity index (χ0v) is 17.3. The largest absolute Gasteiger partial charge is 0.497 e. The van der Waals surface area contributed by atoms with E-state index in [4.69, 9.17) is 9.47 Å². The fourth-order valence-corrected chi connectivity index (χ4v) is 3.07. The fourth-order valence-electron chi connectivity index (χ4n) is 3.07. The first-order chi connectivity index (χ1) is 14.5. The maximum absolute atomic E-state index is 12.6. The van der Waals surface area contributed by atoms with Gasteiger partial charge in [0.2, 0.25) is 5.91 Å². The normalized spacial score (nSPS) is 11.6. The number of methoxy groups -OCH3 is 2. The number of rotatable bonds is 8. The molecule has 1 atom stereocenters. The van der Waals surface area contributed by atoms with Crippen molar-refractivity contribution < 1.29 is 14.3 Å². The number of nitrogens with zero attached hydrogens (tertiary/aromatic N) is 2. The third-order valence-electron chi connectivity index (χ3n) is 4.81. The Kier molecular flexibility index (Phi) is 6.85. The van der Waals surface area contributed by atoms with Crippen molar-refractivity contribution in [1.82, 2.24) is 15.1 Å². The average Bonchev–Trinajstić information content (AvgIpc) is 2.79. The lowest BCUT2D eigenvalue weighted by atomic mass is 10.1. The minimum absolute atomic E-state index is 0.272. The van der Waals surface area contributed by atoms with Crippen molar-refractivity contribution in [2.45, 2.75) is 19.4 Å². The van der Waals surface area contributed by atoms with E-state index in [1.54, 1.807) is 26.2 Å². The first-order valence-electron chi connectivity index (χ1n) is 9.67. The molecular weight excluding hydrogens is 382 g/mol. The second kappa shape index (κ2) is 9.73. The van der Waals surface area contributed by atoms with Crippen molar-refractivity contribution in [2.75, 3.05) is 20.8 Å². The summed E-state index contributed by atoms with van der Waals surface area (Å²) >= 11 is 0. The molecule has 30 heavy (non-hydrogen) atoms. The van der Waals surface area contributed by atoms with Gasteiger partial charge in [-0.2, -0.15) is 5.10 Å². The van der Waals surface area contributed by atoms with Gasteiger partial charge in [0.1, 0.15) is 17.5 Å². The first kappa shape index (κ1) is 21.1. The Morgan fingerprint density at radius 1 is 1.07 bits per heavy atom. The summed E-state index contributed by atoms with van der Waals surface area (Å²) in [7, 11) is 3.07. The number of ether oxygens (including phenoxy) is 2. The van der Waals surface area contributed by atoms with Gasteiger partial charge in [0.05, 0.1) is 14.2 Å². The highest BCUT2D eigenvalue weighted by Gasteiger charge is 2.20. The lowest BCUT2D eigenvalue weighted by Crippen LogP contribution is -2.38. The standard InChI is InChI=1S/C23H25N3O4/c1-16(23(28)24-14-13-17-7-5-4-6-8-17)26-21(27)15-20(30-3)22(25-26)18-9-11-19(29-2)12-10-18/h4-12,15-16H,13-14H2,1-3H3,(H,24,28)/t16-/m0/s1. The van der Waals surface area contributed by atoms with Crippen LogP contribution in [0.1, 0.15) is 18.5 Å². The molecule has 1 amide bonds. The summed E-state index contributed by atoms with van der Waals surface area (Å²) in [6, 6.07) is 17.7. The summed E-state index contributed by atoms with van der Waals surface area (Å²) < 4.78 is 11.7. The summed E-state index contributed by atoms with van der Waals surface area (Å²) in [4.78, 5) is 25.2. The maximum atomic E-state index is 12.6. The van der Waals surface area contributed by atoms with Crippen molar-refractivity contribution in [2.24, 2.45) is 0 Å². The smallest absolute Gasteiger partial charge is 0.271 e. The van der Waals surface area contributed by atoms with Crippen molar-refractivity contribution in [1.29, 1.82) is 0 Å². The number of carbonyl (C=O) groups is 1. The van der Waals surface area contributed by atoms with Gasteiger partial charge in [-0.3, -0.25) is 9.59 Å². The molecule has 0 radical (unpaired) electrons. The summed E-state index contributed by atoms with van der Waals surface area (Å²) in [5, 5.41) is 7.31. The van der Waals surface area contributed by atoms with Crippen LogP contribution >= 0.6 is 0 Å². The number of amides is 1. The Morgan fingerprint density at radius 3 is 2.40 bits per heavy atom. The molecule has 2 aromatic carbocycles. The quantitative estimate of drug-likeness (QED) is 0.621. The molecule has 0 aliphatic carbocycles. The molecule has 3 aromatic rings. The molecule has 156 valence electrons. The summed E-state index contributed by atoms with van der Waals surface area (Å²) in [6.07, 6.45) is 0.710. The Labute approximate surface area is 175 Å². The number of nitrogens with one attached hydrogen (secondary N) is 1. The van der Waals surface area contributed by atoms with Crippen molar-refractivity contribution in [3.05, 3.63) is 76.6 Å². The molecule has 3 rings (SSSR count). The van der Waals surface area contributed by atoms with Crippen LogP contribution in [0, 0.1) is 0 Å². The Balaban J connectivity index is 1.79. The van der Waals surface area contributed by atoms with E-state index >= 15 is 0 Å². The van der Waals surface area contributed by atoms with Gasteiger partial charge in [-0.15, -0.1) is 0 Å². The van der Waals surface area contributed by atoms with Crippen LogP contribution in [0.25, 0.3) is 11.3 Å². The molecule has 0 spiro atoms. The highest BCUT2D eigenvalue weighted by Crippen LogP contribution is 2.28. The Bertz CT molecular complexity index is 1050. The fraction of sp³-hybridized carbons (Fsp3) is 0.261. The molecular formula is C23H25N3O4. The SMILES string of the molecule is COc1ccc(-c2nn([C@@H](C)C(=O)NCCc3ccccc3)c(=O)cc2OC)cc1. The number of hydrogen-bond acceptors (Lipinski definition) is 5. The molecule has 0 bridgehead atoms. The van der Waals surface area contributed by atoms with Gasteiger partial charge in [-0.25, -0.2) is 4.68 Å². The van der Waals surface area contributed by atoms with Crippen LogP contribution in [0.5, 0.6) is 11.5 Å². The van der Waals surface area contributed by atoms with Crippen LogP contribution in [0.2, 0.25) is 0 Å². The minimum atomic E-state index is -0.767.